The van der Waals surface area contributed by atoms with Gasteiger partial charge in [-0.05, 0) is 157 Å². The molecule has 4 heterocycles. The van der Waals surface area contributed by atoms with Crippen LogP contribution in [0, 0.1) is 0 Å². The number of halogens is 16. The van der Waals surface area contributed by atoms with Crippen LogP contribution in [-0.2, 0) is 21.7 Å². The lowest BCUT2D eigenvalue weighted by atomic mass is 9.73. The monoisotopic (exact) mass is 1770 g/mol. The van der Waals surface area contributed by atoms with Crippen LogP contribution in [0.1, 0.15) is 205 Å². The number of hydrogen-bond acceptors (Lipinski definition) is 0. The minimum Gasteiger partial charge on any atom is -0.418 e. The molecule has 4 aliphatic carbocycles. The molecule has 4 unspecified atom stereocenters. The van der Waals surface area contributed by atoms with Gasteiger partial charge in [-0.1, -0.05) is 337 Å². The standard InChI is InChI=1S/2C52H56N2.4BF4/c2*1-3-5-7-17-30-51(32-19-11-20-33-51)49-39-45(37-47(53-49)41-24-13-9-14-25-41)43-28-23-29-44(36-43)46-38-48(42-26-15-10-16-27-42)54-50(40-46)52(31-18-8-6-4-2)34-21-12-22-35-52;4*2-1(3,4)5/h2*9-16,19-29,32,34,36-40H,3-8,17-18,30-31,33,35H2,1-2H3;;;;/q;;4*-1/p+4. The Kier molecular flexibility index (Phi) is 38.5. The lowest BCUT2D eigenvalue weighted by Crippen LogP contribution is -2.33. The summed E-state index contributed by atoms with van der Waals surface area (Å²) in [6.07, 6.45) is 65.9. The Morgan fingerprint density at radius 2 is 0.398 bits per heavy atom. The van der Waals surface area contributed by atoms with E-state index in [2.05, 4.69) is 363 Å². The molecule has 0 spiro atoms. The average Bonchev–Trinajstić information content (AvgIpc) is 0.775. The smallest absolute Gasteiger partial charge is 0.418 e. The van der Waals surface area contributed by atoms with Crippen molar-refractivity contribution >= 4 is 29.0 Å². The van der Waals surface area contributed by atoms with Gasteiger partial charge in [0.2, 0.25) is 22.8 Å². The molecule has 0 saturated heterocycles. The highest BCUT2D eigenvalue weighted by atomic mass is 19.5. The van der Waals surface area contributed by atoms with E-state index >= 15 is 0 Å². The molecule has 0 saturated carbocycles. The van der Waals surface area contributed by atoms with Gasteiger partial charge < -0.3 is 69.1 Å². The maximum absolute atomic E-state index is 9.75. The van der Waals surface area contributed by atoms with Crippen molar-refractivity contribution in [3.8, 4) is 89.5 Å². The van der Waals surface area contributed by atoms with Gasteiger partial charge in [-0.3, -0.25) is 0 Å². The summed E-state index contributed by atoms with van der Waals surface area (Å²) in [4.78, 5) is 15.9. The zero-order valence-electron chi connectivity index (χ0n) is 73.3. The first-order valence-electron chi connectivity index (χ1n) is 44.8. The Balaban J connectivity index is 0.000000238. The van der Waals surface area contributed by atoms with E-state index in [1.807, 2.05) is 0 Å². The fourth-order valence-corrected chi connectivity index (χ4v) is 17.1. The molecular formula is C104H116B4F16N4. The summed E-state index contributed by atoms with van der Waals surface area (Å²) in [6.45, 7) is 9.18. The molecule has 0 fully saturated rings. The van der Waals surface area contributed by atoms with Gasteiger partial charge in [0.1, 0.15) is 0 Å². The van der Waals surface area contributed by atoms with Crippen LogP contribution in [0.4, 0.5) is 69.1 Å². The average molecular weight is 1770 g/mol. The van der Waals surface area contributed by atoms with Crippen molar-refractivity contribution in [1.29, 1.82) is 0 Å². The maximum atomic E-state index is 9.75. The molecule has 14 rings (SSSR count). The molecule has 4 nitrogen and oxygen atoms in total. The second-order valence-electron chi connectivity index (χ2n) is 33.2. The van der Waals surface area contributed by atoms with Crippen molar-refractivity contribution in [2.45, 2.75) is 203 Å². The summed E-state index contributed by atoms with van der Waals surface area (Å²) in [5.74, 6) is 0. The van der Waals surface area contributed by atoms with Gasteiger partial charge in [-0.2, -0.15) is 0 Å². The third-order valence-corrected chi connectivity index (χ3v) is 23.5. The third kappa shape index (κ3) is 32.9. The summed E-state index contributed by atoms with van der Waals surface area (Å²) >= 11 is 0. The second-order valence-corrected chi connectivity index (χ2v) is 33.2. The largest absolute Gasteiger partial charge is 0.673 e. The quantitative estimate of drug-likeness (QED) is 0.0229. The Bertz CT molecular complexity index is 4670. The van der Waals surface area contributed by atoms with E-state index < -0.39 is 29.0 Å². The number of rotatable bonds is 32. The first kappa shape index (κ1) is 101. The summed E-state index contributed by atoms with van der Waals surface area (Å²) < 4.78 is 156. The number of hydrogen-bond donors (Lipinski definition) is 0. The van der Waals surface area contributed by atoms with Crippen LogP contribution >= 0.6 is 0 Å². The third-order valence-electron chi connectivity index (χ3n) is 23.5. The molecular weight excluding hydrogens is 1650 g/mol. The van der Waals surface area contributed by atoms with E-state index in [1.165, 1.54) is 192 Å². The van der Waals surface area contributed by atoms with Gasteiger partial charge in [-0.15, -0.1) is 0 Å². The van der Waals surface area contributed by atoms with Crippen molar-refractivity contribution in [2.24, 2.45) is 0 Å². The SMILES string of the molecule is CCCCCCC1(c2cc(-c3cccc(-c4cc(-c5ccccc5)[nH+]c(C5(CCCCCC)C=CC=CC5)c4)c3)cc(-c3ccccc3)[nH+]2)C=CC=CC1.CCCCCCC1(c2cc(-c3cccc(-c4cc(-c5ccccc5)[nH+]c(C5(CCCCCC)C=CC=CC5)c4)c3)cc(-c3ccccc3)[nH+]2)C=CC=CC1.F[B-](F)(F)F.F[B-](F)(F)F.F[B-](F)(F)F.F[B-](F)(F)F. The lowest BCUT2D eigenvalue weighted by molar-refractivity contribution is -0.384. The van der Waals surface area contributed by atoms with Gasteiger partial charge in [0, 0.05) is 70.8 Å². The summed E-state index contributed by atoms with van der Waals surface area (Å²) in [6, 6.07) is 81.0. The summed E-state index contributed by atoms with van der Waals surface area (Å²) in [5.41, 5.74) is 24.4. The number of benzene rings is 6. The van der Waals surface area contributed by atoms with E-state index in [0.29, 0.717) is 0 Å². The van der Waals surface area contributed by atoms with Crippen LogP contribution in [0.3, 0.4) is 0 Å². The van der Waals surface area contributed by atoms with E-state index in [-0.39, 0.29) is 21.7 Å². The second kappa shape index (κ2) is 49.0. The van der Waals surface area contributed by atoms with Crippen molar-refractivity contribution in [1.82, 2.24) is 0 Å². The van der Waals surface area contributed by atoms with Crippen molar-refractivity contribution in [3.63, 3.8) is 0 Å². The number of aromatic amines is 4. The van der Waals surface area contributed by atoms with E-state index in [4.69, 9.17) is 0 Å². The number of unbranched alkanes of at least 4 members (excludes halogenated alkanes) is 12. The zero-order valence-corrected chi connectivity index (χ0v) is 73.3. The molecule has 6 aromatic carbocycles. The minimum atomic E-state index is -6.00. The molecule has 0 radical (unpaired) electrons. The first-order valence-corrected chi connectivity index (χ1v) is 44.8. The Labute approximate surface area is 745 Å². The molecule has 24 heteroatoms. The molecule has 4 atom stereocenters. The van der Waals surface area contributed by atoms with Crippen LogP contribution in [0.25, 0.3) is 89.5 Å². The molecule has 0 bridgehead atoms. The molecule has 10 aromatic rings. The van der Waals surface area contributed by atoms with Crippen molar-refractivity contribution in [2.75, 3.05) is 0 Å². The first-order chi connectivity index (χ1) is 61.2. The maximum Gasteiger partial charge on any atom is 0.673 e. The molecule has 128 heavy (non-hydrogen) atoms. The molecule has 0 amide bonds. The summed E-state index contributed by atoms with van der Waals surface area (Å²) in [5, 5.41) is 0. The topological polar surface area (TPSA) is 56.6 Å². The predicted molar refractivity (Wildman–Crippen MR) is 497 cm³/mol. The van der Waals surface area contributed by atoms with Gasteiger partial charge in [0.25, 0.3) is 0 Å². The number of aromatic nitrogens is 4. The fraction of sp³-hybridized carbons (Fsp3) is 0.308. The van der Waals surface area contributed by atoms with E-state index in [0.717, 1.165) is 74.1 Å². The van der Waals surface area contributed by atoms with Gasteiger partial charge in [0.15, 0.2) is 22.8 Å². The molecule has 0 aliphatic heterocycles. The number of H-pyrrole nitrogens is 4. The van der Waals surface area contributed by atoms with Gasteiger partial charge >= 0.3 is 29.0 Å². The van der Waals surface area contributed by atoms with Crippen LogP contribution in [-0.4, -0.2) is 29.0 Å². The lowest BCUT2D eigenvalue weighted by Gasteiger charge is -2.28. The molecule has 676 valence electrons. The number of pyridine rings is 4. The van der Waals surface area contributed by atoms with Crippen LogP contribution in [0.15, 0.2) is 316 Å². The Morgan fingerprint density at radius 1 is 0.211 bits per heavy atom. The highest BCUT2D eigenvalue weighted by Crippen LogP contribution is 2.45. The van der Waals surface area contributed by atoms with Crippen molar-refractivity contribution in [3.05, 3.63) is 338 Å². The fourth-order valence-electron chi connectivity index (χ4n) is 17.1. The van der Waals surface area contributed by atoms with E-state index in [1.54, 1.807) is 0 Å². The minimum absolute atomic E-state index is 0.0538. The van der Waals surface area contributed by atoms with Gasteiger partial charge in [0.05, 0.1) is 21.7 Å². The summed E-state index contributed by atoms with van der Waals surface area (Å²) in [7, 11) is -24.0. The number of nitrogens with one attached hydrogen (secondary N) is 4. The van der Waals surface area contributed by atoms with E-state index in [9.17, 15) is 69.1 Å². The zero-order chi connectivity index (χ0) is 92.1. The van der Waals surface area contributed by atoms with Crippen molar-refractivity contribution < 1.29 is 89.0 Å². The van der Waals surface area contributed by atoms with Crippen LogP contribution in [0.2, 0.25) is 0 Å². The highest BCUT2D eigenvalue weighted by molar-refractivity contribution is 6.51. The molecule has 4 N–H and O–H groups in total. The molecule has 4 aromatic heterocycles. The highest BCUT2D eigenvalue weighted by Gasteiger charge is 2.41. The Morgan fingerprint density at radius 3 is 0.570 bits per heavy atom. The van der Waals surface area contributed by atoms with Crippen LogP contribution in [0.5, 0.6) is 0 Å². The number of allylic oxidation sites excluding steroid dienone is 16. The normalized spacial score (nSPS) is 17.9. The Hall–Kier alpha value is -11.0. The van der Waals surface area contributed by atoms with Gasteiger partial charge in [-0.25, -0.2) is 19.9 Å². The predicted octanol–water partition coefficient (Wildman–Crippen LogP) is 32.1. The molecule has 4 aliphatic rings. The van der Waals surface area contributed by atoms with Crippen LogP contribution < -0.4 is 19.9 Å².